The minimum absolute atomic E-state index is 0. The Kier molecular flexibility index (Phi) is 114. The van der Waals surface area contributed by atoms with Crippen LogP contribution in [-0.4, -0.2) is 32.3 Å². The minimum atomic E-state index is -0.374. The van der Waals surface area contributed by atoms with Crippen LogP contribution in [0, 0.1) is 0 Å². The van der Waals surface area contributed by atoms with E-state index < -0.39 is 0 Å². The van der Waals surface area contributed by atoms with Crippen LogP contribution in [0.1, 0.15) is 14.9 Å². The molecule has 0 saturated carbocycles. The first kappa shape index (κ1) is 42.7. The van der Waals surface area contributed by atoms with E-state index in [0.717, 1.165) is 0 Å². The summed E-state index contributed by atoms with van der Waals surface area (Å²) >= 11 is 4.24. The van der Waals surface area contributed by atoms with Gasteiger partial charge in [-0.05, 0) is 26.2 Å². The second-order valence-corrected chi connectivity index (χ2v) is 6.67. The second-order valence-electron chi connectivity index (χ2n) is 2.22. The molecular weight excluding hydrogens is 616 g/mol. The van der Waals surface area contributed by atoms with Crippen molar-refractivity contribution >= 4 is 55.3 Å². The fourth-order valence-corrected chi connectivity index (χ4v) is 0. The quantitative estimate of drug-likeness (QED) is 0.319. The Bertz CT molecular complexity index is 68.0. The van der Waals surface area contributed by atoms with Crippen LogP contribution in [0.15, 0.2) is 0 Å². The number of rotatable bonds is 2. The molecule has 2 nitrogen and oxygen atoms in total. The van der Waals surface area contributed by atoms with E-state index in [-0.39, 0.29) is 98.4 Å². The fourth-order valence-electron chi connectivity index (χ4n) is 0. The minimum Gasteiger partial charge on any atom is -0.420 e. The van der Waals surface area contributed by atoms with Crippen LogP contribution in [0.25, 0.3) is 0 Å². The maximum atomic E-state index is 4.85. The first-order valence-electron chi connectivity index (χ1n) is 3.37. The van der Waals surface area contributed by atoms with Gasteiger partial charge in [-0.2, -0.15) is 0 Å². The molecule has 0 aliphatic rings. The number of hydrogen-bond donors (Lipinski definition) is 0. The molecule has 0 amide bonds. The molecular formula is C8H26I2O2Si2Y2. The molecule has 8 heteroatoms. The van der Waals surface area contributed by atoms with Crippen molar-refractivity contribution in [2.24, 2.45) is 0 Å². The molecule has 0 rings (SSSR count). The third-order valence-corrected chi connectivity index (χ3v) is 2.45. The fraction of sp³-hybridized carbons (Fsp3) is 1.00. The molecule has 98 valence electrons. The van der Waals surface area contributed by atoms with E-state index in [0.29, 0.717) is 0 Å². The summed E-state index contributed by atoms with van der Waals surface area (Å²) in [6, 6.07) is 0. The number of hydrogen-bond acceptors (Lipinski definition) is 2. The summed E-state index contributed by atoms with van der Waals surface area (Å²) in [5, 5.41) is 0. The zero-order valence-electron chi connectivity index (χ0n) is 9.73. The van der Waals surface area contributed by atoms with Gasteiger partial charge in [-0.15, -0.1) is 0 Å². The molecule has 0 saturated heterocycles. The van der Waals surface area contributed by atoms with E-state index in [1.54, 1.807) is 14.2 Å². The molecule has 0 aromatic carbocycles. The molecule has 0 unspecified atom stereocenters. The molecule has 0 aliphatic carbocycles. The molecule has 0 atom stereocenters. The standard InChI is InChI=1S/2C3H9OSi.2CH4.I2.2Y/c2*1-4-5(2)3;;;1-2;;/h2*1-3H3;2*1H4;;;. The summed E-state index contributed by atoms with van der Waals surface area (Å²) in [5.74, 6) is 0. The molecule has 4 radical (unpaired) electrons. The SMILES string of the molecule is C.C.CO[Si](C)C.CO[Si](C)C.II.[Y].[Y]. The van der Waals surface area contributed by atoms with Crippen molar-refractivity contribution in [2.45, 2.75) is 41.0 Å². The Hall–Kier alpha value is 4.02. The molecule has 0 aromatic rings. The summed E-state index contributed by atoms with van der Waals surface area (Å²) < 4.78 is 9.70. The number of halogens is 2. The van der Waals surface area contributed by atoms with Gasteiger partial charge in [-0.1, -0.05) is 14.9 Å². The van der Waals surface area contributed by atoms with E-state index in [2.05, 4.69) is 63.4 Å². The zero-order valence-corrected chi connectivity index (χ0v) is 21.7. The van der Waals surface area contributed by atoms with Crippen LogP contribution in [0.3, 0.4) is 0 Å². The van der Waals surface area contributed by atoms with Gasteiger partial charge in [-0.3, -0.25) is 0 Å². The summed E-state index contributed by atoms with van der Waals surface area (Å²) in [5.41, 5.74) is 0. The predicted molar refractivity (Wildman–Crippen MR) is 90.5 cm³/mol. The summed E-state index contributed by atoms with van der Waals surface area (Å²) in [4.78, 5) is 0. The van der Waals surface area contributed by atoms with Crippen LogP contribution in [-0.2, 0) is 74.3 Å². The van der Waals surface area contributed by atoms with Crippen LogP contribution in [0.5, 0.6) is 0 Å². The monoisotopic (exact) mass is 642 g/mol. The van der Waals surface area contributed by atoms with Gasteiger partial charge in [0.05, 0.1) is 0 Å². The smallest absolute Gasteiger partial charge is 0.204 e. The topological polar surface area (TPSA) is 18.5 Å². The van der Waals surface area contributed by atoms with Crippen molar-refractivity contribution in [1.29, 1.82) is 0 Å². The van der Waals surface area contributed by atoms with Crippen molar-refractivity contribution in [3.8, 4) is 0 Å². The van der Waals surface area contributed by atoms with Crippen molar-refractivity contribution in [1.82, 2.24) is 0 Å². The van der Waals surface area contributed by atoms with Gasteiger partial charge in [0.2, 0.25) is 18.1 Å². The van der Waals surface area contributed by atoms with Crippen molar-refractivity contribution < 1.29 is 74.3 Å². The molecule has 0 aromatic heterocycles. The van der Waals surface area contributed by atoms with Gasteiger partial charge in [0.15, 0.2) is 0 Å². The van der Waals surface area contributed by atoms with Crippen LogP contribution >= 0.6 is 37.2 Å². The Morgan fingerprint density at radius 3 is 0.750 bits per heavy atom. The third-order valence-electron chi connectivity index (χ3n) is 0.816. The Morgan fingerprint density at radius 1 is 0.688 bits per heavy atom. The summed E-state index contributed by atoms with van der Waals surface area (Å²) in [6.45, 7) is 8.41. The molecule has 0 bridgehead atoms. The third kappa shape index (κ3) is 81.1. The average molecular weight is 642 g/mol. The summed E-state index contributed by atoms with van der Waals surface area (Å²) in [7, 11) is 2.74. The zero-order chi connectivity index (χ0) is 10.6. The molecule has 0 heterocycles. The maximum Gasteiger partial charge on any atom is 0.204 e. The second kappa shape index (κ2) is 42.7. The molecule has 16 heavy (non-hydrogen) atoms. The van der Waals surface area contributed by atoms with E-state index in [1.165, 1.54) is 0 Å². The van der Waals surface area contributed by atoms with Crippen LogP contribution in [0.2, 0.25) is 26.2 Å². The van der Waals surface area contributed by atoms with Gasteiger partial charge < -0.3 is 8.85 Å². The molecule has 0 N–H and O–H groups in total. The normalized spacial score (nSPS) is 6.38. The largest absolute Gasteiger partial charge is 0.420 e. The first-order valence-corrected chi connectivity index (χ1v) is 14.5. The van der Waals surface area contributed by atoms with Gasteiger partial charge in [0, 0.05) is 117 Å². The first-order chi connectivity index (χ1) is 5.54. The van der Waals surface area contributed by atoms with Gasteiger partial charge in [0.25, 0.3) is 0 Å². The van der Waals surface area contributed by atoms with Crippen molar-refractivity contribution in [3.63, 3.8) is 0 Å². The van der Waals surface area contributed by atoms with E-state index in [4.69, 9.17) is 8.85 Å². The summed E-state index contributed by atoms with van der Waals surface area (Å²) in [6.07, 6.45) is 0. The van der Waals surface area contributed by atoms with Crippen LogP contribution in [0.4, 0.5) is 0 Å². The Balaban J connectivity index is -0.0000000144. The Morgan fingerprint density at radius 2 is 0.750 bits per heavy atom. The maximum absolute atomic E-state index is 4.85. The Labute approximate surface area is 181 Å². The van der Waals surface area contributed by atoms with E-state index >= 15 is 0 Å². The van der Waals surface area contributed by atoms with Crippen molar-refractivity contribution in [3.05, 3.63) is 0 Å². The molecule has 0 spiro atoms. The molecule has 0 fully saturated rings. The molecule has 0 aliphatic heterocycles. The predicted octanol–water partition coefficient (Wildman–Crippen LogP) is 4.81. The van der Waals surface area contributed by atoms with Crippen LogP contribution < -0.4 is 0 Å². The van der Waals surface area contributed by atoms with Gasteiger partial charge in [-0.25, -0.2) is 0 Å². The van der Waals surface area contributed by atoms with E-state index in [9.17, 15) is 0 Å². The van der Waals surface area contributed by atoms with Crippen molar-refractivity contribution in [2.75, 3.05) is 14.2 Å². The van der Waals surface area contributed by atoms with E-state index in [1.807, 2.05) is 0 Å². The van der Waals surface area contributed by atoms with Gasteiger partial charge >= 0.3 is 0 Å². The van der Waals surface area contributed by atoms with Gasteiger partial charge in [0.1, 0.15) is 0 Å². The average Bonchev–Trinajstić information content (AvgIpc) is 2.09.